The first-order chi connectivity index (χ1) is 12.8. The van der Waals surface area contributed by atoms with E-state index >= 15 is 0 Å². The van der Waals surface area contributed by atoms with E-state index in [0.717, 1.165) is 32.5 Å². The van der Waals surface area contributed by atoms with E-state index in [1.54, 1.807) is 4.36 Å². The number of halogens is 1. The van der Waals surface area contributed by atoms with Crippen molar-refractivity contribution in [1.82, 2.24) is 4.98 Å². The van der Waals surface area contributed by atoms with Crippen LogP contribution in [-0.4, -0.2) is 16.8 Å². The molecule has 2 aliphatic rings. The molecule has 1 aliphatic carbocycles. The Morgan fingerprint density at radius 2 is 1.77 bits per heavy atom. The molecule has 4 nitrogen and oxygen atoms in total. The number of hydrogen-bond donors (Lipinski definition) is 1. The highest BCUT2D eigenvalue weighted by Gasteiger charge is 2.19. The average Bonchev–Trinajstić information content (AvgIpc) is 2.98. The minimum Gasteiger partial charge on any atom is -0.344 e. The monoisotopic (exact) mass is 360 g/mol. The summed E-state index contributed by atoms with van der Waals surface area (Å²) in [6.45, 7) is 0. The van der Waals surface area contributed by atoms with Gasteiger partial charge in [0.2, 0.25) is 0 Å². The second kappa shape index (κ2) is 5.78. The molecular formula is C21H15ClN3O+. The number of nitrogens with zero attached hydrogens (tertiary/aromatic N) is 2. The Bertz CT molecular complexity index is 1420. The normalized spacial score (nSPS) is 12.7. The lowest BCUT2D eigenvalue weighted by molar-refractivity contribution is -0.523. The van der Waals surface area contributed by atoms with Gasteiger partial charge in [0.15, 0.2) is 0 Å². The largest absolute Gasteiger partial charge is 0.344 e. The molecule has 1 N–H and O–H groups in total. The first-order valence-electron chi connectivity index (χ1n) is 8.51. The lowest BCUT2D eigenvalue weighted by Gasteiger charge is -1.95. The van der Waals surface area contributed by atoms with E-state index in [2.05, 4.69) is 40.4 Å². The second-order valence-electron chi connectivity index (χ2n) is 6.32. The number of H-pyrrole nitrogens is 1. The van der Waals surface area contributed by atoms with E-state index in [1.807, 2.05) is 30.3 Å². The van der Waals surface area contributed by atoms with Gasteiger partial charge in [0.25, 0.3) is 10.9 Å². The first kappa shape index (κ1) is 15.3. The molecule has 5 heteroatoms. The number of fused-ring (bicyclic) bond motifs is 3. The van der Waals surface area contributed by atoms with E-state index in [1.165, 1.54) is 10.8 Å². The maximum Gasteiger partial charge on any atom is 0.310 e. The summed E-state index contributed by atoms with van der Waals surface area (Å²) in [6, 6.07) is 20.4. The molecule has 0 saturated heterocycles. The van der Waals surface area contributed by atoms with E-state index in [0.29, 0.717) is 0 Å². The molecule has 0 spiro atoms. The van der Waals surface area contributed by atoms with Gasteiger partial charge in [0, 0.05) is 34.3 Å². The molecule has 0 bridgehead atoms. The quantitative estimate of drug-likeness (QED) is 0.368. The van der Waals surface area contributed by atoms with Crippen LogP contribution in [0.15, 0.2) is 65.8 Å². The molecule has 26 heavy (non-hydrogen) atoms. The molecule has 0 atom stereocenters. The number of alkyl halides is 1. The Balaban J connectivity index is 2.13. The molecule has 0 fully saturated rings. The molecule has 1 amide bonds. The van der Waals surface area contributed by atoms with Crippen LogP contribution in [-0.2, 0) is 4.79 Å². The molecular weight excluding hydrogens is 346 g/mol. The summed E-state index contributed by atoms with van der Waals surface area (Å²) in [7, 11) is 0. The van der Waals surface area contributed by atoms with Crippen molar-refractivity contribution in [2.24, 2.45) is 5.11 Å². The zero-order chi connectivity index (χ0) is 17.7. The van der Waals surface area contributed by atoms with Gasteiger partial charge in [-0.05, 0) is 21.9 Å². The van der Waals surface area contributed by atoms with Gasteiger partial charge in [-0.1, -0.05) is 42.5 Å². The number of aromatic amines is 1. The van der Waals surface area contributed by atoms with Gasteiger partial charge in [-0.2, -0.15) is 0 Å². The summed E-state index contributed by atoms with van der Waals surface area (Å²) < 4.78 is 1.77. The van der Waals surface area contributed by atoms with Crippen molar-refractivity contribution in [3.05, 3.63) is 71.4 Å². The van der Waals surface area contributed by atoms with Crippen LogP contribution in [0.1, 0.15) is 6.42 Å². The number of para-hydroxylation sites is 2. The third-order valence-corrected chi connectivity index (χ3v) is 4.98. The van der Waals surface area contributed by atoms with Crippen molar-refractivity contribution in [3.8, 4) is 0 Å². The maximum absolute atomic E-state index is 12.3. The molecule has 3 aromatic rings. The van der Waals surface area contributed by atoms with Crippen molar-refractivity contribution in [3.63, 3.8) is 0 Å². The number of amides is 1. The lowest BCUT2D eigenvalue weighted by Crippen LogP contribution is -2.23. The van der Waals surface area contributed by atoms with Gasteiger partial charge in [-0.25, -0.2) is 0 Å². The molecule has 1 heterocycles. The van der Waals surface area contributed by atoms with Gasteiger partial charge >= 0.3 is 5.91 Å². The number of nitrogens with one attached hydrogen (secondary N) is 1. The Morgan fingerprint density at radius 3 is 2.58 bits per heavy atom. The number of hydrogen-bond acceptors (Lipinski definition) is 1. The molecule has 1 aliphatic heterocycles. The van der Waals surface area contributed by atoms with E-state index < -0.39 is 0 Å². The number of carbonyl (C=O) groups is 1. The van der Waals surface area contributed by atoms with Crippen LogP contribution >= 0.6 is 11.6 Å². The van der Waals surface area contributed by atoms with Crippen LogP contribution < -0.4 is 4.36 Å². The van der Waals surface area contributed by atoms with E-state index in [4.69, 9.17) is 11.6 Å². The summed E-state index contributed by atoms with van der Waals surface area (Å²) in [5.41, 5.74) is 1.79. The van der Waals surface area contributed by atoms with Gasteiger partial charge in [0.05, 0.1) is 5.39 Å². The van der Waals surface area contributed by atoms with E-state index in [-0.39, 0.29) is 18.2 Å². The number of benzene rings is 3. The summed E-state index contributed by atoms with van der Waals surface area (Å²) in [4.78, 5) is 15.8. The van der Waals surface area contributed by atoms with Gasteiger partial charge in [-0.3, -0.25) is 4.79 Å². The van der Waals surface area contributed by atoms with Crippen molar-refractivity contribution < 1.29 is 9.16 Å². The first-order valence-corrected chi connectivity index (χ1v) is 9.05. The van der Waals surface area contributed by atoms with Crippen LogP contribution in [0.3, 0.4) is 0 Å². The minimum absolute atomic E-state index is 0.216. The fourth-order valence-electron chi connectivity index (χ4n) is 3.72. The average molecular weight is 361 g/mol. The highest BCUT2D eigenvalue weighted by atomic mass is 35.5. The fraction of sp³-hybridized carbons (Fsp3) is 0.0952. The Kier molecular flexibility index (Phi) is 3.40. The summed E-state index contributed by atoms with van der Waals surface area (Å²) in [6.07, 6.45) is 0.216. The summed E-state index contributed by atoms with van der Waals surface area (Å²) >= 11 is 5.74. The Labute approximate surface area is 153 Å². The van der Waals surface area contributed by atoms with Crippen LogP contribution in [0.4, 0.5) is 0 Å². The molecule has 126 valence electrons. The molecule has 3 aromatic carbocycles. The Morgan fingerprint density at radius 1 is 1.00 bits per heavy atom. The third-order valence-electron chi connectivity index (χ3n) is 4.79. The Hall–Kier alpha value is -2.98. The molecule has 0 radical (unpaired) electrons. The van der Waals surface area contributed by atoms with Crippen molar-refractivity contribution in [2.75, 3.05) is 5.88 Å². The van der Waals surface area contributed by atoms with Crippen LogP contribution in [0.5, 0.6) is 0 Å². The predicted octanol–water partition coefficient (Wildman–Crippen LogP) is 4.39. The van der Waals surface area contributed by atoms with Crippen molar-refractivity contribution in [1.29, 1.82) is 0 Å². The zero-order valence-corrected chi connectivity index (χ0v) is 14.6. The molecule has 5 rings (SSSR count). The molecule has 0 unspecified atom stereocenters. The van der Waals surface area contributed by atoms with Crippen molar-refractivity contribution >= 4 is 50.1 Å². The van der Waals surface area contributed by atoms with Gasteiger partial charge in [0.1, 0.15) is 10.9 Å². The molecule has 0 saturated carbocycles. The SMILES string of the molecule is O=C(CCCl)N=[n+]1c2c3cccc4cccc(c=2[nH]c2ccccc21)c43. The minimum atomic E-state index is -0.230. The summed E-state index contributed by atoms with van der Waals surface area (Å²) in [5.74, 6) is 0.0318. The zero-order valence-electron chi connectivity index (χ0n) is 13.9. The second-order valence-corrected chi connectivity index (χ2v) is 6.70. The smallest absolute Gasteiger partial charge is 0.310 e. The van der Waals surface area contributed by atoms with Gasteiger partial charge in [-0.15, -0.1) is 11.6 Å². The molecule has 0 aromatic heterocycles. The topological polar surface area (TPSA) is 51.1 Å². The van der Waals surface area contributed by atoms with Crippen LogP contribution in [0.25, 0.3) is 32.6 Å². The van der Waals surface area contributed by atoms with Gasteiger partial charge < -0.3 is 4.98 Å². The predicted molar refractivity (Wildman–Crippen MR) is 103 cm³/mol. The number of aromatic nitrogens is 2. The maximum atomic E-state index is 12.3. The van der Waals surface area contributed by atoms with E-state index in [9.17, 15) is 4.79 Å². The highest BCUT2D eigenvalue weighted by molar-refractivity contribution is 6.18. The lowest BCUT2D eigenvalue weighted by atomic mass is 10.1. The highest BCUT2D eigenvalue weighted by Crippen LogP contribution is 2.30. The van der Waals surface area contributed by atoms with Crippen molar-refractivity contribution in [2.45, 2.75) is 6.42 Å². The number of rotatable bonds is 2. The number of carbonyl (C=O) groups excluding carboxylic acids is 1. The third kappa shape index (κ3) is 2.12. The fourth-order valence-corrected chi connectivity index (χ4v) is 3.88. The summed E-state index contributed by atoms with van der Waals surface area (Å²) in [5, 5.41) is 10.9. The van der Waals surface area contributed by atoms with Crippen LogP contribution in [0, 0.1) is 10.7 Å². The van der Waals surface area contributed by atoms with Crippen LogP contribution in [0.2, 0.25) is 0 Å². The standard InChI is InChI=1S/C21H14ClN3O/c22-12-11-18(26)24-25-17-10-2-1-9-16(17)23-20-14-7-3-5-13-6-4-8-15(19(13)14)21(20)25/h1-10H,11-12H2/p+1.